The maximum Gasteiger partial charge on any atom is 0.414 e. The van der Waals surface area contributed by atoms with Gasteiger partial charge in [0.05, 0.1) is 5.69 Å². The van der Waals surface area contributed by atoms with E-state index < -0.39 is 5.60 Å². The maximum atomic E-state index is 12.1. The summed E-state index contributed by atoms with van der Waals surface area (Å²) in [6, 6.07) is 6.23. The average Bonchev–Trinajstić information content (AvgIpc) is 2.70. The quantitative estimate of drug-likeness (QED) is 0.891. The van der Waals surface area contributed by atoms with E-state index >= 15 is 0 Å². The highest BCUT2D eigenvalue weighted by Gasteiger charge is 2.28. The number of carbonyl (C=O) groups excluding carboxylic acids is 1. The minimum Gasteiger partial charge on any atom is -0.443 e. The van der Waals surface area contributed by atoms with Crippen LogP contribution in [0.1, 0.15) is 31.9 Å². The summed E-state index contributed by atoms with van der Waals surface area (Å²) in [6.07, 6.45) is 0.638. The van der Waals surface area contributed by atoms with Crippen molar-refractivity contribution in [2.75, 3.05) is 18.5 Å². The fourth-order valence-electron chi connectivity index (χ4n) is 2.28. The van der Waals surface area contributed by atoms with E-state index in [4.69, 9.17) is 4.74 Å². The van der Waals surface area contributed by atoms with Crippen molar-refractivity contribution in [1.82, 2.24) is 5.32 Å². The van der Waals surface area contributed by atoms with Gasteiger partial charge in [0, 0.05) is 13.1 Å². The molecule has 0 atom stereocenters. The van der Waals surface area contributed by atoms with Crippen molar-refractivity contribution in [3.63, 3.8) is 0 Å². The van der Waals surface area contributed by atoms with Gasteiger partial charge in [0.15, 0.2) is 0 Å². The molecule has 2 rings (SSSR count). The Morgan fingerprint density at radius 1 is 1.42 bits per heavy atom. The Labute approximate surface area is 114 Å². The molecule has 0 bridgehead atoms. The lowest BCUT2D eigenvalue weighted by Gasteiger charge is -2.24. The average molecular weight is 262 g/mol. The molecule has 4 heteroatoms. The Morgan fingerprint density at radius 3 is 2.79 bits per heavy atom. The van der Waals surface area contributed by atoms with E-state index in [1.807, 2.05) is 33.9 Å². The highest BCUT2D eigenvalue weighted by atomic mass is 16.6. The molecule has 0 fully saturated rings. The van der Waals surface area contributed by atoms with Gasteiger partial charge in [0.2, 0.25) is 0 Å². The molecule has 4 nitrogen and oxygen atoms in total. The molecule has 0 aliphatic carbocycles. The molecule has 1 heterocycles. The number of ether oxygens (including phenoxy) is 1. The third-order valence-electron chi connectivity index (χ3n) is 3.03. The molecule has 0 spiro atoms. The maximum absolute atomic E-state index is 12.1. The van der Waals surface area contributed by atoms with E-state index in [1.54, 1.807) is 4.90 Å². The van der Waals surface area contributed by atoms with Gasteiger partial charge in [-0.05, 0) is 51.4 Å². The lowest BCUT2D eigenvalue weighted by atomic mass is 10.1. The van der Waals surface area contributed by atoms with Gasteiger partial charge in [-0.3, -0.25) is 4.90 Å². The summed E-state index contributed by atoms with van der Waals surface area (Å²) in [5.74, 6) is 0. The normalized spacial score (nSPS) is 14.4. The van der Waals surface area contributed by atoms with Gasteiger partial charge in [-0.2, -0.15) is 0 Å². The molecule has 1 aromatic rings. The number of carbonyl (C=O) groups is 1. The van der Waals surface area contributed by atoms with E-state index in [2.05, 4.69) is 17.4 Å². The van der Waals surface area contributed by atoms with Crippen LogP contribution in [0.4, 0.5) is 10.5 Å². The van der Waals surface area contributed by atoms with Crippen LogP contribution in [-0.2, 0) is 17.7 Å². The summed E-state index contributed by atoms with van der Waals surface area (Å²) in [5, 5.41) is 3.13. The second-order valence-electron chi connectivity index (χ2n) is 5.88. The Balaban J connectivity index is 2.16. The summed E-state index contributed by atoms with van der Waals surface area (Å²) in [7, 11) is 1.93. The van der Waals surface area contributed by atoms with Crippen molar-refractivity contribution >= 4 is 11.8 Å². The van der Waals surface area contributed by atoms with Crippen LogP contribution >= 0.6 is 0 Å². The number of benzene rings is 1. The summed E-state index contributed by atoms with van der Waals surface area (Å²) in [6.45, 7) is 7.21. The molecule has 19 heavy (non-hydrogen) atoms. The third kappa shape index (κ3) is 3.26. The summed E-state index contributed by atoms with van der Waals surface area (Å²) in [4.78, 5) is 13.9. The molecular weight excluding hydrogens is 240 g/mol. The summed E-state index contributed by atoms with van der Waals surface area (Å²) < 4.78 is 5.43. The fourth-order valence-corrected chi connectivity index (χ4v) is 2.28. The third-order valence-corrected chi connectivity index (χ3v) is 3.03. The molecule has 1 amide bonds. The van der Waals surface area contributed by atoms with E-state index in [0.29, 0.717) is 6.54 Å². The Morgan fingerprint density at radius 2 is 2.16 bits per heavy atom. The lowest BCUT2D eigenvalue weighted by molar-refractivity contribution is 0.0584. The molecule has 0 saturated carbocycles. The van der Waals surface area contributed by atoms with Crippen molar-refractivity contribution in [1.29, 1.82) is 0 Å². The number of rotatable bonds is 2. The smallest absolute Gasteiger partial charge is 0.414 e. The van der Waals surface area contributed by atoms with E-state index in [1.165, 1.54) is 11.1 Å². The first-order valence-electron chi connectivity index (χ1n) is 6.67. The molecule has 1 aliphatic rings. The lowest BCUT2D eigenvalue weighted by Crippen LogP contribution is -2.35. The van der Waals surface area contributed by atoms with Gasteiger partial charge in [-0.15, -0.1) is 0 Å². The number of anilines is 1. The van der Waals surface area contributed by atoms with Gasteiger partial charge in [0.1, 0.15) is 5.60 Å². The number of nitrogens with one attached hydrogen (secondary N) is 1. The molecule has 0 saturated heterocycles. The van der Waals surface area contributed by atoms with E-state index in [9.17, 15) is 4.79 Å². The molecule has 1 N–H and O–H groups in total. The minimum atomic E-state index is -0.452. The minimum absolute atomic E-state index is 0.257. The van der Waals surface area contributed by atoms with Gasteiger partial charge >= 0.3 is 6.09 Å². The van der Waals surface area contributed by atoms with Crippen LogP contribution in [0.25, 0.3) is 0 Å². The van der Waals surface area contributed by atoms with Crippen LogP contribution in [0.2, 0.25) is 0 Å². The molecule has 0 unspecified atom stereocenters. The van der Waals surface area contributed by atoms with Crippen molar-refractivity contribution < 1.29 is 9.53 Å². The highest BCUT2D eigenvalue weighted by Crippen LogP contribution is 2.30. The summed E-state index contributed by atoms with van der Waals surface area (Å²) in [5.41, 5.74) is 2.99. The number of hydrogen-bond acceptors (Lipinski definition) is 3. The number of hydrogen-bond donors (Lipinski definition) is 1. The monoisotopic (exact) mass is 262 g/mol. The second-order valence-corrected chi connectivity index (χ2v) is 5.88. The van der Waals surface area contributed by atoms with Crippen molar-refractivity contribution in [2.24, 2.45) is 0 Å². The zero-order valence-electron chi connectivity index (χ0n) is 12.1. The fraction of sp³-hybridized carbons (Fsp3) is 0.533. The van der Waals surface area contributed by atoms with Crippen LogP contribution in [0.5, 0.6) is 0 Å². The summed E-state index contributed by atoms with van der Waals surface area (Å²) >= 11 is 0. The zero-order chi connectivity index (χ0) is 14.0. The van der Waals surface area contributed by atoms with E-state index in [-0.39, 0.29) is 6.09 Å². The predicted molar refractivity (Wildman–Crippen MR) is 76.5 cm³/mol. The molecular formula is C15H22N2O2. The first-order chi connectivity index (χ1) is 8.90. The molecule has 1 aliphatic heterocycles. The van der Waals surface area contributed by atoms with Gasteiger partial charge < -0.3 is 10.1 Å². The Kier molecular flexibility index (Phi) is 3.80. The number of nitrogens with zero attached hydrogens (tertiary/aromatic N) is 1. The van der Waals surface area contributed by atoms with Gasteiger partial charge in [-0.1, -0.05) is 12.1 Å². The Hall–Kier alpha value is -1.55. The zero-order valence-corrected chi connectivity index (χ0v) is 12.1. The molecule has 104 valence electrons. The van der Waals surface area contributed by atoms with Crippen LogP contribution in [0.3, 0.4) is 0 Å². The van der Waals surface area contributed by atoms with Crippen molar-refractivity contribution in [3.05, 3.63) is 29.3 Å². The largest absolute Gasteiger partial charge is 0.443 e. The van der Waals surface area contributed by atoms with Crippen molar-refractivity contribution in [2.45, 2.75) is 39.3 Å². The van der Waals surface area contributed by atoms with Crippen LogP contribution in [-0.4, -0.2) is 25.3 Å². The van der Waals surface area contributed by atoms with Gasteiger partial charge in [0.25, 0.3) is 0 Å². The van der Waals surface area contributed by atoms with Crippen LogP contribution in [0.15, 0.2) is 18.2 Å². The second kappa shape index (κ2) is 5.21. The first kappa shape index (κ1) is 13.9. The number of fused-ring (bicyclic) bond motifs is 1. The number of amides is 1. The topological polar surface area (TPSA) is 41.6 Å². The van der Waals surface area contributed by atoms with Crippen LogP contribution in [0, 0.1) is 0 Å². The standard InChI is InChI=1S/C15H22N2O2/c1-15(2,3)19-14(18)17-8-7-12-9-11(10-16-4)5-6-13(12)17/h5-6,9,16H,7-8,10H2,1-4H3. The van der Waals surface area contributed by atoms with E-state index in [0.717, 1.165) is 18.7 Å². The first-order valence-corrected chi connectivity index (χ1v) is 6.67. The van der Waals surface area contributed by atoms with Gasteiger partial charge in [-0.25, -0.2) is 4.79 Å². The molecule has 1 aromatic carbocycles. The van der Waals surface area contributed by atoms with Crippen molar-refractivity contribution in [3.8, 4) is 0 Å². The predicted octanol–water partition coefficient (Wildman–Crippen LogP) is 2.70. The Bertz CT molecular complexity index is 478. The SMILES string of the molecule is CNCc1ccc2c(c1)CCN2C(=O)OC(C)(C)C. The molecule has 0 radical (unpaired) electrons. The van der Waals surface area contributed by atoms with Crippen LogP contribution < -0.4 is 10.2 Å². The molecule has 0 aromatic heterocycles. The highest BCUT2D eigenvalue weighted by molar-refractivity contribution is 5.90.